The minimum absolute atomic E-state index is 0.0725. The lowest BCUT2D eigenvalue weighted by atomic mass is 10.1. The smallest absolute Gasteiger partial charge is 0.237 e. The highest BCUT2D eigenvalue weighted by molar-refractivity contribution is 5.81. The SMILES string of the molecule is C=CCNC(=O)C(C)NCC(O)CC(C)C. The van der Waals surface area contributed by atoms with Crippen LogP contribution in [0.2, 0.25) is 0 Å². The molecule has 0 rings (SSSR count). The highest BCUT2D eigenvalue weighted by Gasteiger charge is 2.13. The summed E-state index contributed by atoms with van der Waals surface area (Å²) in [5.74, 6) is 0.387. The molecule has 3 N–H and O–H groups in total. The van der Waals surface area contributed by atoms with Gasteiger partial charge in [0.2, 0.25) is 5.91 Å². The summed E-state index contributed by atoms with van der Waals surface area (Å²) in [4.78, 5) is 11.4. The first-order valence-electron chi connectivity index (χ1n) is 5.77. The maximum atomic E-state index is 11.4. The quantitative estimate of drug-likeness (QED) is 0.535. The summed E-state index contributed by atoms with van der Waals surface area (Å²) in [7, 11) is 0. The normalized spacial score (nSPS) is 14.6. The Morgan fingerprint density at radius 2 is 2.06 bits per heavy atom. The Hall–Kier alpha value is -0.870. The molecular formula is C12H24N2O2. The van der Waals surface area contributed by atoms with E-state index in [0.29, 0.717) is 19.0 Å². The Morgan fingerprint density at radius 1 is 1.44 bits per heavy atom. The minimum atomic E-state index is -0.394. The molecule has 94 valence electrons. The van der Waals surface area contributed by atoms with Gasteiger partial charge in [0.1, 0.15) is 0 Å². The molecule has 2 unspecified atom stereocenters. The van der Waals surface area contributed by atoms with E-state index in [4.69, 9.17) is 0 Å². The fourth-order valence-electron chi connectivity index (χ4n) is 1.36. The predicted molar refractivity (Wildman–Crippen MR) is 66.1 cm³/mol. The van der Waals surface area contributed by atoms with Crippen LogP contribution in [-0.4, -0.2) is 36.2 Å². The molecule has 0 aliphatic carbocycles. The van der Waals surface area contributed by atoms with Crippen molar-refractivity contribution in [2.75, 3.05) is 13.1 Å². The maximum Gasteiger partial charge on any atom is 0.237 e. The van der Waals surface area contributed by atoms with Gasteiger partial charge in [0.15, 0.2) is 0 Å². The van der Waals surface area contributed by atoms with E-state index in [1.807, 2.05) is 0 Å². The molecule has 4 heteroatoms. The summed E-state index contributed by atoms with van der Waals surface area (Å²) < 4.78 is 0. The maximum absolute atomic E-state index is 11.4. The van der Waals surface area contributed by atoms with Crippen molar-refractivity contribution in [1.82, 2.24) is 10.6 Å². The highest BCUT2D eigenvalue weighted by Crippen LogP contribution is 2.03. The summed E-state index contributed by atoms with van der Waals surface area (Å²) in [6.07, 6.45) is 1.99. The van der Waals surface area contributed by atoms with Gasteiger partial charge in [0.05, 0.1) is 12.1 Å². The molecule has 0 radical (unpaired) electrons. The van der Waals surface area contributed by atoms with Crippen LogP contribution in [0.1, 0.15) is 27.2 Å². The van der Waals surface area contributed by atoms with Crippen LogP contribution in [0.15, 0.2) is 12.7 Å². The first-order valence-corrected chi connectivity index (χ1v) is 5.77. The van der Waals surface area contributed by atoms with Gasteiger partial charge in [-0.2, -0.15) is 0 Å². The van der Waals surface area contributed by atoms with Gasteiger partial charge in [-0.1, -0.05) is 19.9 Å². The molecule has 1 amide bonds. The number of rotatable bonds is 8. The molecule has 0 saturated heterocycles. The first-order chi connectivity index (χ1) is 7.47. The average Bonchev–Trinajstić information content (AvgIpc) is 2.21. The molecule has 0 aliphatic rings. The lowest BCUT2D eigenvalue weighted by Gasteiger charge is -2.17. The number of nitrogens with one attached hydrogen (secondary N) is 2. The van der Waals surface area contributed by atoms with Gasteiger partial charge >= 0.3 is 0 Å². The summed E-state index contributed by atoms with van der Waals surface area (Å²) >= 11 is 0. The van der Waals surface area contributed by atoms with Crippen molar-refractivity contribution < 1.29 is 9.90 Å². The molecule has 0 saturated carbocycles. The second-order valence-corrected chi connectivity index (χ2v) is 4.45. The fraction of sp³-hybridized carbons (Fsp3) is 0.750. The zero-order valence-electron chi connectivity index (χ0n) is 10.5. The zero-order chi connectivity index (χ0) is 12.6. The van der Waals surface area contributed by atoms with Crippen LogP contribution in [-0.2, 0) is 4.79 Å². The van der Waals surface area contributed by atoms with E-state index >= 15 is 0 Å². The summed E-state index contributed by atoms with van der Waals surface area (Å²) in [6, 6.07) is -0.290. The lowest BCUT2D eigenvalue weighted by Crippen LogP contribution is -2.44. The number of hydrogen-bond acceptors (Lipinski definition) is 3. The van der Waals surface area contributed by atoms with Crippen molar-refractivity contribution in [3.8, 4) is 0 Å². The molecule has 4 nitrogen and oxygen atoms in total. The van der Waals surface area contributed by atoms with Crippen molar-refractivity contribution >= 4 is 5.91 Å². The molecule has 0 aliphatic heterocycles. The number of aliphatic hydroxyl groups is 1. The Balaban J connectivity index is 3.74. The topological polar surface area (TPSA) is 61.4 Å². The van der Waals surface area contributed by atoms with Gasteiger partial charge in [0.25, 0.3) is 0 Å². The van der Waals surface area contributed by atoms with Crippen molar-refractivity contribution in [3.05, 3.63) is 12.7 Å². The Bertz CT molecular complexity index is 217. The van der Waals surface area contributed by atoms with Crippen molar-refractivity contribution in [1.29, 1.82) is 0 Å². The van der Waals surface area contributed by atoms with Crippen molar-refractivity contribution in [2.45, 2.75) is 39.3 Å². The number of carbonyl (C=O) groups is 1. The van der Waals surface area contributed by atoms with Gasteiger partial charge in [-0.3, -0.25) is 4.79 Å². The highest BCUT2D eigenvalue weighted by atomic mass is 16.3. The molecule has 16 heavy (non-hydrogen) atoms. The van der Waals surface area contributed by atoms with E-state index < -0.39 is 6.10 Å². The van der Waals surface area contributed by atoms with Crippen LogP contribution < -0.4 is 10.6 Å². The van der Waals surface area contributed by atoms with Gasteiger partial charge < -0.3 is 15.7 Å². The third-order valence-electron chi connectivity index (χ3n) is 2.22. The van der Waals surface area contributed by atoms with Crippen molar-refractivity contribution in [2.24, 2.45) is 5.92 Å². The predicted octanol–water partition coefficient (Wildman–Crippen LogP) is 0.674. The van der Waals surface area contributed by atoms with Gasteiger partial charge in [-0.15, -0.1) is 6.58 Å². The van der Waals surface area contributed by atoms with Gasteiger partial charge in [-0.25, -0.2) is 0 Å². The van der Waals surface area contributed by atoms with Crippen molar-refractivity contribution in [3.63, 3.8) is 0 Å². The van der Waals surface area contributed by atoms with E-state index in [9.17, 15) is 9.90 Å². The largest absolute Gasteiger partial charge is 0.392 e. The van der Waals surface area contributed by atoms with E-state index in [1.54, 1.807) is 13.0 Å². The Kier molecular flexibility index (Phi) is 7.85. The van der Waals surface area contributed by atoms with E-state index in [0.717, 1.165) is 6.42 Å². The summed E-state index contributed by atoms with van der Waals surface area (Å²) in [5.41, 5.74) is 0. The van der Waals surface area contributed by atoms with E-state index in [1.165, 1.54) is 0 Å². The minimum Gasteiger partial charge on any atom is -0.392 e. The molecule has 0 fully saturated rings. The van der Waals surface area contributed by atoms with Gasteiger partial charge in [0, 0.05) is 13.1 Å². The number of aliphatic hydroxyl groups excluding tert-OH is 1. The van der Waals surface area contributed by atoms with Gasteiger partial charge in [-0.05, 0) is 19.3 Å². The lowest BCUT2D eigenvalue weighted by molar-refractivity contribution is -0.122. The monoisotopic (exact) mass is 228 g/mol. The molecule has 0 aromatic rings. The Labute approximate surface area is 98.1 Å². The molecule has 2 atom stereocenters. The van der Waals surface area contributed by atoms with Crippen LogP contribution in [0.25, 0.3) is 0 Å². The third-order valence-corrected chi connectivity index (χ3v) is 2.22. The van der Waals surface area contributed by atoms with Crippen LogP contribution in [0.3, 0.4) is 0 Å². The molecule has 0 aromatic heterocycles. The molecule has 0 spiro atoms. The van der Waals surface area contributed by atoms with Crippen LogP contribution in [0.5, 0.6) is 0 Å². The fourth-order valence-corrected chi connectivity index (χ4v) is 1.36. The summed E-state index contributed by atoms with van der Waals surface area (Å²) in [6.45, 7) is 10.3. The molecule has 0 aromatic carbocycles. The first kappa shape index (κ1) is 15.1. The second-order valence-electron chi connectivity index (χ2n) is 4.45. The molecule has 0 bridgehead atoms. The van der Waals surface area contributed by atoms with E-state index in [-0.39, 0.29) is 11.9 Å². The molecule has 0 heterocycles. The number of carbonyl (C=O) groups excluding carboxylic acids is 1. The number of amides is 1. The summed E-state index contributed by atoms with van der Waals surface area (Å²) in [5, 5.41) is 15.3. The number of hydrogen-bond donors (Lipinski definition) is 3. The molecular weight excluding hydrogens is 204 g/mol. The standard InChI is InChI=1S/C12H24N2O2/c1-5-6-13-12(16)10(4)14-8-11(15)7-9(2)3/h5,9-11,14-15H,1,6-8H2,2-4H3,(H,13,16). The Morgan fingerprint density at radius 3 is 2.56 bits per heavy atom. The average molecular weight is 228 g/mol. The second kappa shape index (κ2) is 8.30. The third kappa shape index (κ3) is 7.43. The van der Waals surface area contributed by atoms with Crippen LogP contribution >= 0.6 is 0 Å². The zero-order valence-corrected chi connectivity index (χ0v) is 10.5. The van der Waals surface area contributed by atoms with Crippen LogP contribution in [0.4, 0.5) is 0 Å². The van der Waals surface area contributed by atoms with E-state index in [2.05, 4.69) is 31.1 Å². The van der Waals surface area contributed by atoms with Crippen LogP contribution in [0, 0.1) is 5.92 Å².